The number of aromatic nitrogens is 4. The number of esters is 1. The van der Waals surface area contributed by atoms with Crippen LogP contribution in [-0.2, 0) is 4.74 Å². The molecule has 0 bridgehead atoms. The summed E-state index contributed by atoms with van der Waals surface area (Å²) in [4.78, 5) is 28.5. The lowest BCUT2D eigenvalue weighted by atomic mass is 9.99. The van der Waals surface area contributed by atoms with E-state index >= 15 is 0 Å². The molecule has 1 aliphatic rings. The highest BCUT2D eigenvalue weighted by Gasteiger charge is 2.27. The number of ether oxygens (including phenoxy) is 1. The molecule has 3 heterocycles. The average molecular weight is 407 g/mol. The molecular weight excluding hydrogens is 382 g/mol. The molecule has 0 radical (unpaired) electrons. The zero-order valence-corrected chi connectivity index (χ0v) is 17.4. The van der Waals surface area contributed by atoms with Crippen molar-refractivity contribution in [1.82, 2.24) is 29.8 Å². The number of piperidine rings is 1. The topological polar surface area (TPSA) is 97.0 Å². The first-order valence-electron chi connectivity index (χ1n) is 9.94. The van der Waals surface area contributed by atoms with Crippen molar-refractivity contribution in [1.29, 1.82) is 0 Å². The molecule has 1 saturated heterocycles. The maximum Gasteiger partial charge on any atom is 0.343 e. The Labute approximate surface area is 174 Å². The van der Waals surface area contributed by atoms with Gasteiger partial charge in [0.05, 0.1) is 19.1 Å². The Bertz CT molecular complexity index is 1070. The lowest BCUT2D eigenvalue weighted by molar-refractivity contribution is 0.0602. The maximum absolute atomic E-state index is 12.8. The summed E-state index contributed by atoms with van der Waals surface area (Å²) >= 11 is 0. The molecule has 1 fully saturated rings. The lowest BCUT2D eigenvalue weighted by Gasteiger charge is -2.19. The number of hydrogen-bond donors (Lipinski definition) is 1. The van der Waals surface area contributed by atoms with E-state index in [-0.39, 0.29) is 11.5 Å². The predicted molar refractivity (Wildman–Crippen MR) is 114 cm³/mol. The molecule has 3 aromatic rings. The molecule has 1 atom stereocenters. The van der Waals surface area contributed by atoms with Crippen LogP contribution in [0.3, 0.4) is 0 Å². The van der Waals surface area contributed by atoms with E-state index < -0.39 is 5.97 Å². The largest absolute Gasteiger partial charge is 0.465 e. The van der Waals surface area contributed by atoms with Crippen molar-refractivity contribution in [3.05, 3.63) is 41.7 Å². The normalized spacial score (nSPS) is 16.8. The van der Waals surface area contributed by atoms with E-state index in [2.05, 4.69) is 20.4 Å². The SMILES string of the molecule is COC(=O)c1c(-c2ccccc2)nc(N=CN(C)C)n2nc([C@@H]3CCCNC3)nc12. The Kier molecular flexibility index (Phi) is 5.71. The molecule has 9 nitrogen and oxygen atoms in total. The van der Waals surface area contributed by atoms with Crippen molar-refractivity contribution >= 4 is 23.9 Å². The second kappa shape index (κ2) is 8.58. The second-order valence-corrected chi connectivity index (χ2v) is 7.45. The number of carbonyl (C=O) groups excluding carboxylic acids is 1. The molecule has 9 heteroatoms. The molecular formula is C21H25N7O2. The van der Waals surface area contributed by atoms with Gasteiger partial charge in [0.2, 0.25) is 0 Å². The number of rotatable bonds is 5. The Balaban J connectivity index is 1.98. The van der Waals surface area contributed by atoms with Crippen molar-refractivity contribution in [3.8, 4) is 11.3 Å². The minimum atomic E-state index is -0.504. The Morgan fingerprint density at radius 1 is 1.30 bits per heavy atom. The van der Waals surface area contributed by atoms with Gasteiger partial charge in [-0.1, -0.05) is 30.3 Å². The summed E-state index contributed by atoms with van der Waals surface area (Å²) in [6, 6.07) is 9.50. The summed E-state index contributed by atoms with van der Waals surface area (Å²) in [5.41, 5.74) is 1.95. The third-order valence-electron chi connectivity index (χ3n) is 4.99. The maximum atomic E-state index is 12.8. The van der Waals surface area contributed by atoms with Crippen LogP contribution in [0.1, 0.15) is 34.9 Å². The predicted octanol–water partition coefficient (Wildman–Crippen LogP) is 2.27. The first-order valence-corrected chi connectivity index (χ1v) is 9.94. The van der Waals surface area contributed by atoms with E-state index in [1.165, 1.54) is 7.11 Å². The Morgan fingerprint density at radius 2 is 2.10 bits per heavy atom. The number of hydrogen-bond acceptors (Lipinski definition) is 7. The van der Waals surface area contributed by atoms with Gasteiger partial charge in [-0.3, -0.25) is 0 Å². The Hall–Kier alpha value is -3.33. The van der Waals surface area contributed by atoms with E-state index in [1.807, 2.05) is 49.3 Å². The third kappa shape index (κ3) is 3.88. The fraction of sp³-hybridized carbons (Fsp3) is 0.381. The molecule has 1 aromatic carbocycles. The molecule has 156 valence electrons. The van der Waals surface area contributed by atoms with Gasteiger partial charge in [-0.2, -0.15) is 4.52 Å². The van der Waals surface area contributed by atoms with Crippen LogP contribution < -0.4 is 5.32 Å². The fourth-order valence-corrected chi connectivity index (χ4v) is 3.53. The van der Waals surface area contributed by atoms with Crippen molar-refractivity contribution in [3.63, 3.8) is 0 Å². The fourth-order valence-electron chi connectivity index (χ4n) is 3.53. The van der Waals surface area contributed by atoms with Crippen LogP contribution in [0.5, 0.6) is 0 Å². The van der Waals surface area contributed by atoms with E-state index in [0.29, 0.717) is 23.1 Å². The van der Waals surface area contributed by atoms with Crippen molar-refractivity contribution in [2.45, 2.75) is 18.8 Å². The first-order chi connectivity index (χ1) is 14.6. The van der Waals surface area contributed by atoms with Gasteiger partial charge >= 0.3 is 5.97 Å². The quantitative estimate of drug-likeness (QED) is 0.394. The van der Waals surface area contributed by atoms with Crippen molar-refractivity contribution in [2.24, 2.45) is 4.99 Å². The van der Waals surface area contributed by atoms with Crippen LogP contribution in [0.4, 0.5) is 5.95 Å². The molecule has 0 saturated carbocycles. The van der Waals surface area contributed by atoms with Crippen molar-refractivity contribution in [2.75, 3.05) is 34.3 Å². The number of carbonyl (C=O) groups is 1. The summed E-state index contributed by atoms with van der Waals surface area (Å²) in [6.07, 6.45) is 3.70. The highest BCUT2D eigenvalue weighted by Crippen LogP contribution is 2.30. The molecule has 0 amide bonds. The third-order valence-corrected chi connectivity index (χ3v) is 4.99. The summed E-state index contributed by atoms with van der Waals surface area (Å²) in [7, 11) is 5.11. The van der Waals surface area contributed by atoms with Crippen LogP contribution >= 0.6 is 0 Å². The molecule has 0 unspecified atom stereocenters. The van der Waals surface area contributed by atoms with Gasteiger partial charge in [-0.05, 0) is 19.4 Å². The molecule has 1 aliphatic heterocycles. The van der Waals surface area contributed by atoms with Crippen molar-refractivity contribution < 1.29 is 9.53 Å². The number of nitrogens with one attached hydrogen (secondary N) is 1. The molecule has 1 N–H and O–H groups in total. The van der Waals surface area contributed by atoms with Crippen LogP contribution in [0.25, 0.3) is 16.9 Å². The highest BCUT2D eigenvalue weighted by molar-refractivity contribution is 6.02. The van der Waals surface area contributed by atoms with Gasteiger partial charge in [0.1, 0.15) is 5.56 Å². The van der Waals surface area contributed by atoms with Gasteiger partial charge in [0.15, 0.2) is 11.5 Å². The minimum absolute atomic E-state index is 0.176. The van der Waals surface area contributed by atoms with Crippen LogP contribution in [0, 0.1) is 0 Å². The summed E-state index contributed by atoms with van der Waals surface area (Å²) in [5.74, 6) is 0.707. The van der Waals surface area contributed by atoms with Gasteiger partial charge < -0.3 is 15.0 Å². The molecule has 4 rings (SSSR count). The van der Waals surface area contributed by atoms with Crippen LogP contribution in [0.2, 0.25) is 0 Å². The zero-order valence-electron chi connectivity index (χ0n) is 17.4. The number of fused-ring (bicyclic) bond motifs is 1. The van der Waals surface area contributed by atoms with Crippen LogP contribution in [0.15, 0.2) is 35.3 Å². The number of nitrogens with zero attached hydrogens (tertiary/aromatic N) is 6. The molecule has 2 aromatic heterocycles. The van der Waals surface area contributed by atoms with E-state index in [4.69, 9.17) is 9.72 Å². The second-order valence-electron chi connectivity index (χ2n) is 7.45. The number of aliphatic imine (C=N–C) groups is 1. The summed E-state index contributed by atoms with van der Waals surface area (Å²) in [6.45, 7) is 1.80. The number of benzene rings is 1. The monoisotopic (exact) mass is 407 g/mol. The Morgan fingerprint density at radius 3 is 2.77 bits per heavy atom. The molecule has 30 heavy (non-hydrogen) atoms. The van der Waals surface area contributed by atoms with Crippen LogP contribution in [-0.4, -0.2) is 71.1 Å². The smallest absolute Gasteiger partial charge is 0.343 e. The molecule has 0 aliphatic carbocycles. The minimum Gasteiger partial charge on any atom is -0.465 e. The summed E-state index contributed by atoms with van der Waals surface area (Å²) in [5, 5.41) is 8.07. The standard InChI is InChI=1S/C21H25N7O2/c1-27(2)13-23-21-24-17(14-8-5-4-6-9-14)16(20(29)30-3)19-25-18(26-28(19)21)15-10-7-11-22-12-15/h4-6,8-9,13,15,22H,7,10-12H2,1-3H3/t15-/m1/s1. The van der Waals surface area contributed by atoms with Gasteiger partial charge in [0.25, 0.3) is 5.95 Å². The van der Waals surface area contributed by atoms with E-state index in [1.54, 1.807) is 10.9 Å². The number of methoxy groups -OCH3 is 1. The van der Waals surface area contributed by atoms with Gasteiger partial charge in [-0.15, -0.1) is 5.10 Å². The zero-order chi connectivity index (χ0) is 21.1. The lowest BCUT2D eigenvalue weighted by Crippen LogP contribution is -2.29. The average Bonchev–Trinajstić information content (AvgIpc) is 3.23. The van der Waals surface area contributed by atoms with Gasteiger partial charge in [0, 0.05) is 32.1 Å². The van der Waals surface area contributed by atoms with E-state index in [9.17, 15) is 4.79 Å². The first kappa shape index (κ1) is 20.0. The summed E-state index contributed by atoms with van der Waals surface area (Å²) < 4.78 is 6.62. The van der Waals surface area contributed by atoms with Gasteiger partial charge in [-0.25, -0.2) is 19.8 Å². The molecule has 0 spiro atoms. The highest BCUT2D eigenvalue weighted by atomic mass is 16.5. The van der Waals surface area contributed by atoms with E-state index in [0.717, 1.165) is 31.5 Å².